The molecule has 0 spiro atoms. The van der Waals surface area contributed by atoms with Crippen molar-refractivity contribution in [2.24, 2.45) is 10.8 Å². The largest absolute Gasteiger partial charge is 0.476 e. The Hall–Kier alpha value is -3.08. The fraction of sp³-hybridized carbons (Fsp3) is 0.455. The van der Waals surface area contributed by atoms with Crippen LogP contribution in [0.3, 0.4) is 0 Å². The minimum atomic E-state index is -1.10. The lowest BCUT2D eigenvalue weighted by atomic mass is 9.35. The Morgan fingerprint density at radius 1 is 1.30 bits per heavy atom. The van der Waals surface area contributed by atoms with Gasteiger partial charge in [0, 0.05) is 11.8 Å². The number of carbonyl (C=O) groups is 1. The Balaban J connectivity index is 1.22. The van der Waals surface area contributed by atoms with Crippen LogP contribution in [0.5, 0.6) is 5.88 Å². The third-order valence-electron chi connectivity index (χ3n) is 6.61. The van der Waals surface area contributed by atoms with Gasteiger partial charge in [-0.05, 0) is 37.0 Å². The molecule has 0 radical (unpaired) electrons. The molecule has 3 aliphatic carbocycles. The molecule has 2 unspecified atom stereocenters. The van der Waals surface area contributed by atoms with Crippen molar-refractivity contribution in [3.63, 3.8) is 0 Å². The highest BCUT2D eigenvalue weighted by molar-refractivity contribution is 5.87. The van der Waals surface area contributed by atoms with E-state index >= 15 is 0 Å². The number of hydrogen-bond donors (Lipinski definition) is 0. The molecule has 1 amide bonds. The molecule has 8 heteroatoms. The minimum Gasteiger partial charge on any atom is -0.476 e. The minimum absolute atomic E-state index is 0.0306. The molecule has 2 atom stereocenters. The van der Waals surface area contributed by atoms with Gasteiger partial charge in [0.2, 0.25) is 11.8 Å². The molecular weight excluding hydrogens is 390 g/mol. The number of alkyl halides is 1. The highest BCUT2D eigenvalue weighted by Crippen LogP contribution is 2.74. The summed E-state index contributed by atoms with van der Waals surface area (Å²) in [6.45, 7) is 0.494. The van der Waals surface area contributed by atoms with Crippen LogP contribution in [0.15, 0.2) is 36.7 Å². The van der Waals surface area contributed by atoms with Crippen molar-refractivity contribution in [3.05, 3.63) is 53.7 Å². The zero-order chi connectivity index (χ0) is 20.9. The van der Waals surface area contributed by atoms with Crippen LogP contribution in [0.1, 0.15) is 43.0 Å². The van der Waals surface area contributed by atoms with Crippen molar-refractivity contribution in [1.82, 2.24) is 14.9 Å². The smallest absolute Gasteiger partial charge is 0.232 e. The maximum atomic E-state index is 14.2. The number of amides is 1. The van der Waals surface area contributed by atoms with Crippen molar-refractivity contribution < 1.29 is 18.3 Å². The Labute approximate surface area is 172 Å². The van der Waals surface area contributed by atoms with E-state index in [0.29, 0.717) is 37.3 Å². The van der Waals surface area contributed by atoms with Gasteiger partial charge in [0.25, 0.3) is 0 Å². The first-order valence-electron chi connectivity index (χ1n) is 9.98. The summed E-state index contributed by atoms with van der Waals surface area (Å²) in [7, 11) is 0. The lowest BCUT2D eigenvalue weighted by molar-refractivity contribution is -0.226. The molecule has 30 heavy (non-hydrogen) atoms. The van der Waals surface area contributed by atoms with Crippen molar-refractivity contribution in [2.75, 3.05) is 13.2 Å². The summed E-state index contributed by atoms with van der Waals surface area (Å²) in [5.74, 6) is -0.0586. The molecule has 1 saturated heterocycles. The highest BCUT2D eigenvalue weighted by atomic mass is 19.1. The average molecular weight is 410 g/mol. The van der Waals surface area contributed by atoms with E-state index in [2.05, 4.69) is 9.97 Å². The maximum Gasteiger partial charge on any atom is 0.232 e. The van der Waals surface area contributed by atoms with Gasteiger partial charge in [0.15, 0.2) is 5.69 Å². The molecule has 154 valence electrons. The lowest BCUT2D eigenvalue weighted by Crippen LogP contribution is -2.69. The quantitative estimate of drug-likeness (QED) is 0.755. The number of hydrogen-bond acceptors (Lipinski definition) is 5. The summed E-state index contributed by atoms with van der Waals surface area (Å²) in [5.41, 5.74) is 0.360. The zero-order valence-electron chi connectivity index (χ0n) is 16.2. The van der Waals surface area contributed by atoms with E-state index in [1.54, 1.807) is 17.0 Å². The molecule has 2 heterocycles. The van der Waals surface area contributed by atoms with Crippen LogP contribution in [-0.2, 0) is 4.79 Å². The van der Waals surface area contributed by atoms with Crippen molar-refractivity contribution in [2.45, 2.75) is 37.9 Å². The van der Waals surface area contributed by atoms with Crippen LogP contribution in [0.2, 0.25) is 0 Å². The number of likely N-dealkylation sites (tertiary alicyclic amines) is 1. The number of aromatic nitrogens is 2. The van der Waals surface area contributed by atoms with Gasteiger partial charge in [-0.2, -0.15) is 5.26 Å². The molecule has 1 aliphatic heterocycles. The first-order valence-corrected chi connectivity index (χ1v) is 9.98. The molecule has 4 aliphatic rings. The van der Waals surface area contributed by atoms with Crippen LogP contribution < -0.4 is 4.74 Å². The predicted molar refractivity (Wildman–Crippen MR) is 101 cm³/mol. The first kappa shape index (κ1) is 18.9. The molecule has 2 bridgehead atoms. The Kier molecular flexibility index (Phi) is 4.24. The van der Waals surface area contributed by atoms with Crippen LogP contribution in [0.4, 0.5) is 8.78 Å². The molecule has 6 rings (SSSR count). The van der Waals surface area contributed by atoms with Crippen LogP contribution in [0, 0.1) is 28.0 Å². The van der Waals surface area contributed by atoms with Gasteiger partial charge in [-0.1, -0.05) is 12.1 Å². The predicted octanol–water partition coefficient (Wildman–Crippen LogP) is 3.35. The second-order valence-corrected chi connectivity index (χ2v) is 8.81. The normalized spacial score (nSPS) is 31.4. The van der Waals surface area contributed by atoms with Gasteiger partial charge in [0.1, 0.15) is 18.1 Å². The Morgan fingerprint density at radius 3 is 2.77 bits per heavy atom. The summed E-state index contributed by atoms with van der Waals surface area (Å²) in [5, 5.41) is 8.76. The molecule has 3 saturated carbocycles. The summed E-state index contributed by atoms with van der Waals surface area (Å²) in [6.07, 6.45) is 3.98. The van der Waals surface area contributed by atoms with Gasteiger partial charge in [-0.3, -0.25) is 4.79 Å². The summed E-state index contributed by atoms with van der Waals surface area (Å²) in [4.78, 5) is 22.8. The third-order valence-corrected chi connectivity index (χ3v) is 6.61. The van der Waals surface area contributed by atoms with E-state index in [1.165, 1.54) is 24.5 Å². The van der Waals surface area contributed by atoms with Crippen molar-refractivity contribution in [1.29, 1.82) is 5.26 Å². The number of benzene rings is 1. The van der Waals surface area contributed by atoms with Crippen LogP contribution in [-0.4, -0.2) is 40.1 Å². The van der Waals surface area contributed by atoms with E-state index in [1.807, 2.05) is 6.07 Å². The molecule has 0 N–H and O–H groups in total. The SMILES string of the molecule is N#Cc1cnc(OCC23CC(C(=O)N4CC(F)CC4c4cccc(F)c4)(C2)C3)cn1. The van der Waals surface area contributed by atoms with Gasteiger partial charge in [-0.25, -0.2) is 18.7 Å². The highest BCUT2D eigenvalue weighted by Gasteiger charge is 2.72. The summed E-state index contributed by atoms with van der Waals surface area (Å²) < 4.78 is 33.5. The molecule has 2 aromatic rings. The standard InChI is InChI=1S/C22H20F2N4O2/c23-15-3-1-2-14(4-15)18-5-16(24)9-28(18)20(29)22-10-21(11-22,12-22)13-30-19-8-26-17(6-25)7-27-19/h1-4,7-8,16,18H,5,9-13H2. The van der Waals surface area contributed by atoms with Gasteiger partial charge < -0.3 is 9.64 Å². The maximum absolute atomic E-state index is 14.2. The number of rotatable bonds is 5. The van der Waals surface area contributed by atoms with E-state index in [-0.39, 0.29) is 35.8 Å². The average Bonchev–Trinajstić information content (AvgIpc) is 3.08. The third kappa shape index (κ3) is 3.00. The second-order valence-electron chi connectivity index (χ2n) is 8.81. The fourth-order valence-corrected chi connectivity index (χ4v) is 5.40. The lowest BCUT2D eigenvalue weighted by Gasteiger charge is -2.69. The Morgan fingerprint density at radius 2 is 2.10 bits per heavy atom. The zero-order valence-corrected chi connectivity index (χ0v) is 16.2. The molecular formula is C22H20F2N4O2. The van der Waals surface area contributed by atoms with Crippen LogP contribution >= 0.6 is 0 Å². The number of halogens is 2. The number of nitrogens with zero attached hydrogens (tertiary/aromatic N) is 4. The van der Waals surface area contributed by atoms with Gasteiger partial charge in [0.05, 0.1) is 37.0 Å². The molecule has 1 aromatic heterocycles. The monoisotopic (exact) mass is 410 g/mol. The number of ether oxygens (including phenoxy) is 1. The second kappa shape index (κ2) is 6.73. The van der Waals surface area contributed by atoms with E-state index in [9.17, 15) is 13.6 Å². The number of nitriles is 1. The summed E-state index contributed by atoms with van der Waals surface area (Å²) >= 11 is 0. The molecule has 1 aromatic carbocycles. The van der Waals surface area contributed by atoms with Crippen molar-refractivity contribution in [3.8, 4) is 11.9 Å². The van der Waals surface area contributed by atoms with E-state index in [0.717, 1.165) is 0 Å². The van der Waals surface area contributed by atoms with E-state index in [4.69, 9.17) is 10.00 Å². The topological polar surface area (TPSA) is 79.1 Å². The van der Waals surface area contributed by atoms with Crippen LogP contribution in [0.25, 0.3) is 0 Å². The summed E-state index contributed by atoms with van der Waals surface area (Å²) in [6, 6.07) is 7.57. The van der Waals surface area contributed by atoms with Gasteiger partial charge >= 0.3 is 0 Å². The molecule has 6 nitrogen and oxygen atoms in total. The Bertz CT molecular complexity index is 1020. The fourth-order valence-electron chi connectivity index (χ4n) is 5.40. The first-order chi connectivity index (χ1) is 14.4. The van der Waals surface area contributed by atoms with Crippen molar-refractivity contribution >= 4 is 5.91 Å². The molecule has 4 fully saturated rings. The van der Waals surface area contributed by atoms with Gasteiger partial charge in [-0.15, -0.1) is 0 Å². The van der Waals surface area contributed by atoms with E-state index < -0.39 is 17.6 Å². The number of carbonyl (C=O) groups excluding carboxylic acids is 1.